The Hall–Kier alpha value is -1.30. The normalized spacial score (nSPS) is 10.8. The average Bonchev–Trinajstić information content (AvgIpc) is 2.00. The SMILES string of the molecule is CC(=O)OC(=O)C([SiH3])(C(C)=O)C(C)=O. The monoisotopic (exact) mass is 216 g/mol. The maximum atomic E-state index is 11.3. The number of hydrogen-bond acceptors (Lipinski definition) is 5. The zero-order valence-electron chi connectivity index (χ0n) is 8.54. The third-order valence-electron chi connectivity index (χ3n) is 2.05. The molecule has 0 fully saturated rings. The van der Waals surface area contributed by atoms with Gasteiger partial charge in [0.2, 0.25) is 0 Å². The van der Waals surface area contributed by atoms with Crippen LogP contribution in [0.25, 0.3) is 0 Å². The smallest absolute Gasteiger partial charge is 0.330 e. The molecule has 6 heteroatoms. The molecule has 0 amide bonds. The van der Waals surface area contributed by atoms with Crippen molar-refractivity contribution >= 4 is 33.7 Å². The summed E-state index contributed by atoms with van der Waals surface area (Å²) in [7, 11) is 0.000756. The first-order valence-corrected chi connectivity index (χ1v) is 4.97. The van der Waals surface area contributed by atoms with Crippen molar-refractivity contribution in [2.24, 2.45) is 0 Å². The molecule has 5 nitrogen and oxygen atoms in total. The number of esters is 2. The molecular formula is C8H12O5Si. The maximum absolute atomic E-state index is 11.3. The molecule has 0 saturated heterocycles. The largest absolute Gasteiger partial charge is 0.393 e. The van der Waals surface area contributed by atoms with Gasteiger partial charge in [0.25, 0.3) is 0 Å². The van der Waals surface area contributed by atoms with Crippen molar-refractivity contribution in [2.75, 3.05) is 0 Å². The second-order valence-corrected chi connectivity index (χ2v) is 4.62. The van der Waals surface area contributed by atoms with E-state index in [9.17, 15) is 19.2 Å². The highest BCUT2D eigenvalue weighted by molar-refractivity contribution is 6.52. The van der Waals surface area contributed by atoms with Gasteiger partial charge in [-0.1, -0.05) is 0 Å². The lowest BCUT2D eigenvalue weighted by Gasteiger charge is -2.19. The molecule has 0 aliphatic carbocycles. The third-order valence-corrected chi connectivity index (χ3v) is 3.87. The van der Waals surface area contributed by atoms with Crippen LogP contribution in [0, 0.1) is 0 Å². The van der Waals surface area contributed by atoms with Gasteiger partial charge in [-0.25, -0.2) is 0 Å². The molecule has 0 unspecified atom stereocenters. The first kappa shape index (κ1) is 12.7. The van der Waals surface area contributed by atoms with Gasteiger partial charge < -0.3 is 4.74 Å². The van der Waals surface area contributed by atoms with Crippen LogP contribution in [-0.4, -0.2) is 33.7 Å². The van der Waals surface area contributed by atoms with Crippen LogP contribution in [0.3, 0.4) is 0 Å². The highest BCUT2D eigenvalue weighted by atomic mass is 28.1. The Morgan fingerprint density at radius 3 is 1.57 bits per heavy atom. The number of carbonyl (C=O) groups excluding carboxylic acids is 4. The molecule has 0 aromatic heterocycles. The summed E-state index contributed by atoms with van der Waals surface area (Å²) < 4.78 is 4.25. The lowest BCUT2D eigenvalue weighted by Crippen LogP contribution is -2.39. The number of ether oxygens (including phenoxy) is 1. The van der Waals surface area contributed by atoms with Gasteiger partial charge in [0.1, 0.15) is 0 Å². The first-order valence-electron chi connectivity index (χ1n) is 3.97. The molecule has 0 aromatic carbocycles. The Balaban J connectivity index is 5.03. The highest BCUT2D eigenvalue weighted by Gasteiger charge is 2.45. The maximum Gasteiger partial charge on any atom is 0.330 e. The van der Waals surface area contributed by atoms with Crippen LogP contribution < -0.4 is 0 Å². The molecule has 0 spiro atoms. The predicted octanol–water partition coefficient (Wildman–Crippen LogP) is -1.22. The van der Waals surface area contributed by atoms with Gasteiger partial charge in [-0.05, 0) is 13.8 Å². The van der Waals surface area contributed by atoms with E-state index in [1.807, 2.05) is 0 Å². The molecule has 0 bridgehead atoms. The van der Waals surface area contributed by atoms with Gasteiger partial charge in [0.05, 0.1) is 0 Å². The molecule has 78 valence electrons. The molecule has 0 saturated carbocycles. The van der Waals surface area contributed by atoms with Crippen LogP contribution in [0.1, 0.15) is 20.8 Å². The standard InChI is InChI=1S/C8H12O5Si/c1-4(9)8(14,5(2)10)7(12)13-6(3)11/h1-3,14H3. The van der Waals surface area contributed by atoms with Crippen molar-refractivity contribution in [3.8, 4) is 0 Å². The summed E-state index contributed by atoms with van der Waals surface area (Å²) in [5.74, 6) is -3.04. The number of ketones is 2. The lowest BCUT2D eigenvalue weighted by molar-refractivity contribution is -0.162. The summed E-state index contributed by atoms with van der Waals surface area (Å²) in [6.45, 7) is 3.31. The Bertz CT molecular complexity index is 293. The van der Waals surface area contributed by atoms with Gasteiger partial charge in [-0.2, -0.15) is 0 Å². The summed E-state index contributed by atoms with van der Waals surface area (Å²) in [5, 5.41) is -1.73. The minimum Gasteiger partial charge on any atom is -0.393 e. The minimum absolute atomic E-state index is 0.000756. The highest BCUT2D eigenvalue weighted by Crippen LogP contribution is 2.25. The fourth-order valence-corrected chi connectivity index (χ4v) is 0.870. The van der Waals surface area contributed by atoms with Crippen LogP contribution in [0.15, 0.2) is 0 Å². The fourth-order valence-electron chi connectivity index (χ4n) is 0.768. The van der Waals surface area contributed by atoms with Crippen LogP contribution in [-0.2, 0) is 23.9 Å². The van der Waals surface area contributed by atoms with Crippen molar-refractivity contribution in [3.63, 3.8) is 0 Å². The summed E-state index contributed by atoms with van der Waals surface area (Å²) in [6, 6.07) is 0. The average molecular weight is 216 g/mol. The number of carbonyl (C=O) groups is 4. The zero-order valence-corrected chi connectivity index (χ0v) is 10.5. The Labute approximate surface area is 84.2 Å². The fraction of sp³-hybridized carbons (Fsp3) is 0.500. The number of hydrogen-bond donors (Lipinski definition) is 0. The van der Waals surface area contributed by atoms with E-state index in [0.717, 1.165) is 20.8 Å². The Morgan fingerprint density at radius 1 is 1.00 bits per heavy atom. The molecule has 0 aliphatic heterocycles. The summed E-state index contributed by atoms with van der Waals surface area (Å²) in [4.78, 5) is 44.1. The topological polar surface area (TPSA) is 77.5 Å². The van der Waals surface area contributed by atoms with Gasteiger partial charge >= 0.3 is 11.9 Å². The minimum atomic E-state index is -1.73. The van der Waals surface area contributed by atoms with Crippen LogP contribution in [0.4, 0.5) is 0 Å². The van der Waals surface area contributed by atoms with Crippen LogP contribution in [0.5, 0.6) is 0 Å². The first-order chi connectivity index (χ1) is 6.22. The summed E-state index contributed by atoms with van der Waals surface area (Å²) in [5.41, 5.74) is 0. The van der Waals surface area contributed by atoms with Crippen molar-refractivity contribution in [3.05, 3.63) is 0 Å². The quantitative estimate of drug-likeness (QED) is 0.335. The van der Waals surface area contributed by atoms with Crippen molar-refractivity contribution in [2.45, 2.75) is 25.8 Å². The van der Waals surface area contributed by atoms with Crippen LogP contribution >= 0.6 is 0 Å². The molecule has 0 N–H and O–H groups in total. The molecule has 14 heavy (non-hydrogen) atoms. The van der Waals surface area contributed by atoms with E-state index in [2.05, 4.69) is 4.74 Å². The van der Waals surface area contributed by atoms with E-state index in [1.165, 1.54) is 0 Å². The zero-order chi connectivity index (χ0) is 11.5. The van der Waals surface area contributed by atoms with Gasteiger partial charge in [0, 0.05) is 17.2 Å². The molecular weight excluding hydrogens is 204 g/mol. The van der Waals surface area contributed by atoms with E-state index in [-0.39, 0.29) is 10.2 Å². The van der Waals surface area contributed by atoms with E-state index >= 15 is 0 Å². The van der Waals surface area contributed by atoms with E-state index in [1.54, 1.807) is 0 Å². The van der Waals surface area contributed by atoms with Crippen molar-refractivity contribution < 1.29 is 23.9 Å². The van der Waals surface area contributed by atoms with E-state index < -0.39 is 28.5 Å². The summed E-state index contributed by atoms with van der Waals surface area (Å²) in [6.07, 6.45) is 0. The molecule has 0 atom stereocenters. The molecule has 0 aliphatic rings. The van der Waals surface area contributed by atoms with E-state index in [0.29, 0.717) is 0 Å². The van der Waals surface area contributed by atoms with Gasteiger partial charge in [-0.15, -0.1) is 0 Å². The van der Waals surface area contributed by atoms with Crippen LogP contribution in [0.2, 0.25) is 5.04 Å². The predicted molar refractivity (Wildman–Crippen MR) is 50.8 cm³/mol. The lowest BCUT2D eigenvalue weighted by atomic mass is 9.99. The Kier molecular flexibility index (Phi) is 3.88. The van der Waals surface area contributed by atoms with E-state index in [4.69, 9.17) is 0 Å². The number of Topliss-reactive ketones (excluding diaryl/α,β-unsaturated/α-hetero) is 2. The second kappa shape index (κ2) is 4.27. The second-order valence-electron chi connectivity index (χ2n) is 3.12. The molecule has 0 aromatic rings. The van der Waals surface area contributed by atoms with Crippen molar-refractivity contribution in [1.82, 2.24) is 0 Å². The molecule has 0 rings (SSSR count). The molecule has 0 radical (unpaired) electrons. The molecule has 0 heterocycles. The third kappa shape index (κ3) is 2.35. The van der Waals surface area contributed by atoms with Gasteiger partial charge in [-0.3, -0.25) is 19.2 Å². The Morgan fingerprint density at radius 2 is 1.36 bits per heavy atom. The number of rotatable bonds is 3. The summed E-state index contributed by atoms with van der Waals surface area (Å²) >= 11 is 0. The van der Waals surface area contributed by atoms with Crippen molar-refractivity contribution in [1.29, 1.82) is 0 Å². The van der Waals surface area contributed by atoms with Gasteiger partial charge in [0.15, 0.2) is 16.6 Å².